The van der Waals surface area contributed by atoms with Gasteiger partial charge in [0.05, 0.1) is 6.61 Å². The molecule has 2 unspecified atom stereocenters. The molecular weight excluding hydrogens is 334 g/mol. The number of hydrogen-bond acceptors (Lipinski definition) is 5. The Labute approximate surface area is 155 Å². The second-order valence-electron chi connectivity index (χ2n) is 6.39. The lowest BCUT2D eigenvalue weighted by atomic mass is 9.99. The summed E-state index contributed by atoms with van der Waals surface area (Å²) in [4.78, 5) is 26.5. The molecule has 26 heavy (non-hydrogen) atoms. The number of piperidine rings is 1. The van der Waals surface area contributed by atoms with E-state index in [2.05, 4.69) is 6.92 Å². The van der Waals surface area contributed by atoms with Crippen LogP contribution in [0.4, 0.5) is 0 Å². The lowest BCUT2D eigenvalue weighted by Crippen LogP contribution is -2.48. The molecule has 0 saturated carbocycles. The Morgan fingerprint density at radius 2 is 1.85 bits per heavy atom. The van der Waals surface area contributed by atoms with Crippen molar-refractivity contribution in [1.82, 2.24) is 4.90 Å². The average molecular weight is 363 g/mol. The minimum atomic E-state index is -0.805. The number of nitrogens with zero attached hydrogens (tertiary/aromatic N) is 1. The molecule has 1 heterocycles. The van der Waals surface area contributed by atoms with E-state index >= 15 is 0 Å². The zero-order valence-corrected chi connectivity index (χ0v) is 15.9. The highest BCUT2D eigenvalue weighted by Crippen LogP contribution is 2.26. The minimum Gasteiger partial charge on any atom is -0.490 e. The van der Waals surface area contributed by atoms with Gasteiger partial charge in [0.25, 0.3) is 5.91 Å². The summed E-state index contributed by atoms with van der Waals surface area (Å²) in [5.74, 6) is 0.361. The first kappa shape index (κ1) is 20.1. The topological polar surface area (TPSA) is 65.1 Å². The third kappa shape index (κ3) is 5.38. The van der Waals surface area contributed by atoms with Crippen molar-refractivity contribution in [2.24, 2.45) is 0 Å². The van der Waals surface area contributed by atoms with Gasteiger partial charge in [-0.05, 0) is 51.7 Å². The Hall–Kier alpha value is -2.24. The molecule has 0 radical (unpaired) electrons. The summed E-state index contributed by atoms with van der Waals surface area (Å²) in [6.07, 6.45) is 3.27. The zero-order valence-electron chi connectivity index (χ0n) is 15.9. The number of ether oxygens (including phenoxy) is 3. The van der Waals surface area contributed by atoms with E-state index in [0.29, 0.717) is 18.1 Å². The van der Waals surface area contributed by atoms with E-state index in [1.54, 1.807) is 25.1 Å². The number of para-hydroxylation sites is 2. The second kappa shape index (κ2) is 10.0. The van der Waals surface area contributed by atoms with Crippen LogP contribution in [0.5, 0.6) is 11.5 Å². The first-order chi connectivity index (χ1) is 12.6. The molecule has 0 aliphatic carbocycles. The van der Waals surface area contributed by atoms with Crippen LogP contribution in [0.3, 0.4) is 0 Å². The quantitative estimate of drug-likeness (QED) is 0.664. The van der Waals surface area contributed by atoms with Crippen LogP contribution in [0, 0.1) is 0 Å². The maximum atomic E-state index is 12.6. The molecule has 0 spiro atoms. The highest BCUT2D eigenvalue weighted by molar-refractivity contribution is 5.84. The average Bonchev–Trinajstić information content (AvgIpc) is 2.66. The Bertz CT molecular complexity index is 604. The summed E-state index contributed by atoms with van der Waals surface area (Å²) in [5, 5.41) is 0. The van der Waals surface area contributed by atoms with Gasteiger partial charge in [0.2, 0.25) is 0 Å². The van der Waals surface area contributed by atoms with Gasteiger partial charge >= 0.3 is 5.97 Å². The lowest BCUT2D eigenvalue weighted by molar-refractivity contribution is -0.162. The molecule has 1 amide bonds. The van der Waals surface area contributed by atoms with Crippen LogP contribution in [-0.2, 0) is 14.3 Å². The Balaban J connectivity index is 1.86. The number of amides is 1. The SMILES string of the molecule is CCOc1ccccc1OCC(=O)OC(C)C(=O)N1CCCCC1CC. The van der Waals surface area contributed by atoms with Crippen LogP contribution in [0.1, 0.15) is 46.5 Å². The van der Waals surface area contributed by atoms with Gasteiger partial charge in [-0.1, -0.05) is 19.1 Å². The van der Waals surface area contributed by atoms with E-state index in [-0.39, 0.29) is 18.6 Å². The Kier molecular flexibility index (Phi) is 7.75. The molecule has 2 atom stereocenters. The smallest absolute Gasteiger partial charge is 0.344 e. The molecule has 6 nitrogen and oxygen atoms in total. The van der Waals surface area contributed by atoms with Crippen molar-refractivity contribution in [3.05, 3.63) is 24.3 Å². The molecule has 1 aliphatic rings. The van der Waals surface area contributed by atoms with Crippen molar-refractivity contribution in [2.75, 3.05) is 19.8 Å². The first-order valence-corrected chi connectivity index (χ1v) is 9.41. The molecular formula is C20H29NO5. The highest BCUT2D eigenvalue weighted by atomic mass is 16.6. The van der Waals surface area contributed by atoms with Crippen LogP contribution in [0.15, 0.2) is 24.3 Å². The summed E-state index contributed by atoms with van der Waals surface area (Å²) < 4.78 is 16.2. The van der Waals surface area contributed by atoms with Gasteiger partial charge in [-0.3, -0.25) is 4.79 Å². The first-order valence-electron chi connectivity index (χ1n) is 9.41. The largest absolute Gasteiger partial charge is 0.490 e. The standard InChI is InChI=1S/C20H29NO5/c1-4-16-10-8-9-13-21(16)20(23)15(3)26-19(22)14-25-18-12-7-6-11-17(18)24-5-2/h6-7,11-12,15-16H,4-5,8-10,13-14H2,1-3H3. The summed E-state index contributed by atoms with van der Waals surface area (Å²) in [5.41, 5.74) is 0. The summed E-state index contributed by atoms with van der Waals surface area (Å²) >= 11 is 0. The molecule has 6 heteroatoms. The predicted molar refractivity (Wildman–Crippen MR) is 98.3 cm³/mol. The summed E-state index contributed by atoms with van der Waals surface area (Å²) in [6, 6.07) is 7.38. The number of hydrogen-bond donors (Lipinski definition) is 0. The van der Waals surface area contributed by atoms with Crippen LogP contribution in [0.2, 0.25) is 0 Å². The molecule has 1 saturated heterocycles. The minimum absolute atomic E-state index is 0.125. The van der Waals surface area contributed by atoms with Crippen LogP contribution in [-0.4, -0.2) is 48.7 Å². The van der Waals surface area contributed by atoms with Gasteiger partial charge in [-0.2, -0.15) is 0 Å². The molecule has 1 aromatic carbocycles. The van der Waals surface area contributed by atoms with Gasteiger partial charge in [-0.25, -0.2) is 4.79 Å². The van der Waals surface area contributed by atoms with Crippen LogP contribution in [0.25, 0.3) is 0 Å². The molecule has 0 aromatic heterocycles. The Morgan fingerprint density at radius 1 is 1.15 bits per heavy atom. The van der Waals surface area contributed by atoms with Crippen molar-refractivity contribution < 1.29 is 23.8 Å². The second-order valence-corrected chi connectivity index (χ2v) is 6.39. The molecule has 1 fully saturated rings. The fraction of sp³-hybridized carbons (Fsp3) is 0.600. The van der Waals surface area contributed by atoms with E-state index in [1.807, 2.05) is 17.9 Å². The molecule has 1 aliphatic heterocycles. The summed E-state index contributed by atoms with van der Waals surface area (Å²) in [7, 11) is 0. The van der Waals surface area contributed by atoms with Crippen molar-refractivity contribution in [2.45, 2.75) is 58.6 Å². The third-order valence-corrected chi connectivity index (χ3v) is 4.53. The zero-order chi connectivity index (χ0) is 18.9. The van der Waals surface area contributed by atoms with E-state index in [9.17, 15) is 9.59 Å². The van der Waals surface area contributed by atoms with Crippen molar-refractivity contribution >= 4 is 11.9 Å². The maximum Gasteiger partial charge on any atom is 0.344 e. The molecule has 0 N–H and O–H groups in total. The predicted octanol–water partition coefficient (Wildman–Crippen LogP) is 3.19. The van der Waals surface area contributed by atoms with Gasteiger partial charge in [0.15, 0.2) is 24.2 Å². The van der Waals surface area contributed by atoms with E-state index < -0.39 is 12.1 Å². The fourth-order valence-corrected chi connectivity index (χ4v) is 3.21. The third-order valence-electron chi connectivity index (χ3n) is 4.53. The van der Waals surface area contributed by atoms with Crippen LogP contribution < -0.4 is 9.47 Å². The van der Waals surface area contributed by atoms with Crippen LogP contribution >= 0.6 is 0 Å². The highest BCUT2D eigenvalue weighted by Gasteiger charge is 2.30. The van der Waals surface area contributed by atoms with Crippen molar-refractivity contribution in [3.8, 4) is 11.5 Å². The normalized spacial score (nSPS) is 18.1. The summed E-state index contributed by atoms with van der Waals surface area (Å²) in [6.45, 7) is 6.55. The van der Waals surface area contributed by atoms with Gasteiger partial charge in [-0.15, -0.1) is 0 Å². The van der Waals surface area contributed by atoms with Gasteiger partial charge in [0, 0.05) is 12.6 Å². The lowest BCUT2D eigenvalue weighted by Gasteiger charge is -2.36. The molecule has 144 valence electrons. The molecule has 0 bridgehead atoms. The van der Waals surface area contributed by atoms with Gasteiger partial charge < -0.3 is 19.1 Å². The van der Waals surface area contributed by atoms with E-state index in [0.717, 1.165) is 32.2 Å². The van der Waals surface area contributed by atoms with Crippen molar-refractivity contribution in [1.29, 1.82) is 0 Å². The number of carbonyl (C=O) groups is 2. The van der Waals surface area contributed by atoms with Gasteiger partial charge in [0.1, 0.15) is 0 Å². The molecule has 2 rings (SSSR count). The molecule has 1 aromatic rings. The van der Waals surface area contributed by atoms with E-state index in [4.69, 9.17) is 14.2 Å². The number of esters is 1. The number of carbonyl (C=O) groups excluding carboxylic acids is 2. The number of likely N-dealkylation sites (tertiary alicyclic amines) is 1. The number of rotatable bonds is 8. The maximum absolute atomic E-state index is 12.6. The fourth-order valence-electron chi connectivity index (χ4n) is 3.21. The monoisotopic (exact) mass is 363 g/mol. The van der Waals surface area contributed by atoms with Crippen molar-refractivity contribution in [3.63, 3.8) is 0 Å². The Morgan fingerprint density at radius 3 is 2.50 bits per heavy atom. The van der Waals surface area contributed by atoms with E-state index in [1.165, 1.54) is 0 Å². The number of benzene rings is 1.